The van der Waals surface area contributed by atoms with Gasteiger partial charge in [-0.05, 0) is 43.7 Å². The summed E-state index contributed by atoms with van der Waals surface area (Å²) in [6.07, 6.45) is 4.98. The first-order valence-corrected chi connectivity index (χ1v) is 9.23. The molecule has 0 bridgehead atoms. The Hall–Kier alpha value is -1.82. The summed E-state index contributed by atoms with van der Waals surface area (Å²) in [6.45, 7) is 5.29. The lowest BCUT2D eigenvalue weighted by atomic mass is 9.67. The number of nitrogens with zero attached hydrogens (tertiary/aromatic N) is 3. The van der Waals surface area contributed by atoms with Gasteiger partial charge in [-0.3, -0.25) is 0 Å². The van der Waals surface area contributed by atoms with Crippen molar-refractivity contribution in [2.45, 2.75) is 39.2 Å². The minimum Gasteiger partial charge on any atom is -0.385 e. The SMILES string of the molecule is CCNC(=NCc1cccc(N(C)C)n1)NCC1(CCOC)CCC1. The summed E-state index contributed by atoms with van der Waals surface area (Å²) in [5.41, 5.74) is 1.34. The van der Waals surface area contributed by atoms with E-state index in [-0.39, 0.29) is 0 Å². The summed E-state index contributed by atoms with van der Waals surface area (Å²) >= 11 is 0. The summed E-state index contributed by atoms with van der Waals surface area (Å²) in [4.78, 5) is 11.3. The van der Waals surface area contributed by atoms with E-state index in [2.05, 4.69) is 22.5 Å². The van der Waals surface area contributed by atoms with Gasteiger partial charge in [0.1, 0.15) is 5.82 Å². The van der Waals surface area contributed by atoms with Gasteiger partial charge in [-0.25, -0.2) is 9.98 Å². The molecule has 1 aromatic heterocycles. The predicted octanol–water partition coefficient (Wildman–Crippen LogP) is 2.41. The van der Waals surface area contributed by atoms with Crippen molar-refractivity contribution in [3.05, 3.63) is 23.9 Å². The van der Waals surface area contributed by atoms with E-state index in [9.17, 15) is 0 Å². The lowest BCUT2D eigenvalue weighted by Gasteiger charge is -2.42. The van der Waals surface area contributed by atoms with E-state index in [1.165, 1.54) is 19.3 Å². The molecule has 2 rings (SSSR count). The number of aliphatic imine (C=N–C) groups is 1. The fourth-order valence-electron chi connectivity index (χ4n) is 3.09. The second-order valence-electron chi connectivity index (χ2n) is 7.03. The van der Waals surface area contributed by atoms with Gasteiger partial charge < -0.3 is 20.3 Å². The zero-order chi connectivity index (χ0) is 18.1. The quantitative estimate of drug-likeness (QED) is 0.531. The Labute approximate surface area is 152 Å². The summed E-state index contributed by atoms with van der Waals surface area (Å²) in [5, 5.41) is 6.86. The van der Waals surface area contributed by atoms with Crippen molar-refractivity contribution in [3.8, 4) is 0 Å². The molecule has 6 nitrogen and oxygen atoms in total. The van der Waals surface area contributed by atoms with Crippen LogP contribution in [0, 0.1) is 5.41 Å². The molecule has 0 amide bonds. The fraction of sp³-hybridized carbons (Fsp3) is 0.684. The molecule has 0 unspecified atom stereocenters. The molecule has 2 N–H and O–H groups in total. The molecule has 1 fully saturated rings. The molecule has 0 aromatic carbocycles. The van der Waals surface area contributed by atoms with Crippen LogP contribution >= 0.6 is 0 Å². The third-order valence-electron chi connectivity index (χ3n) is 4.88. The van der Waals surface area contributed by atoms with Crippen molar-refractivity contribution in [2.24, 2.45) is 10.4 Å². The third kappa shape index (κ3) is 5.88. The normalized spacial score (nSPS) is 16.2. The summed E-state index contributed by atoms with van der Waals surface area (Å²) in [7, 11) is 5.78. The minimum atomic E-state index is 0.370. The van der Waals surface area contributed by atoms with Gasteiger partial charge in [0.2, 0.25) is 0 Å². The Morgan fingerprint density at radius 1 is 1.32 bits per heavy atom. The third-order valence-corrected chi connectivity index (χ3v) is 4.88. The maximum absolute atomic E-state index is 5.28. The number of hydrogen-bond acceptors (Lipinski definition) is 4. The molecule has 0 spiro atoms. The van der Waals surface area contributed by atoms with E-state index >= 15 is 0 Å². The van der Waals surface area contributed by atoms with E-state index in [1.807, 2.05) is 37.2 Å². The number of nitrogens with one attached hydrogen (secondary N) is 2. The second-order valence-corrected chi connectivity index (χ2v) is 7.03. The van der Waals surface area contributed by atoms with Crippen LogP contribution in [0.3, 0.4) is 0 Å². The van der Waals surface area contributed by atoms with E-state index < -0.39 is 0 Å². The molecule has 25 heavy (non-hydrogen) atoms. The maximum Gasteiger partial charge on any atom is 0.191 e. The zero-order valence-electron chi connectivity index (χ0n) is 16.1. The van der Waals surface area contributed by atoms with E-state index in [4.69, 9.17) is 9.73 Å². The summed E-state index contributed by atoms with van der Waals surface area (Å²) in [5.74, 6) is 1.82. The van der Waals surface area contributed by atoms with Crippen molar-refractivity contribution in [1.29, 1.82) is 0 Å². The highest BCUT2D eigenvalue weighted by molar-refractivity contribution is 5.79. The number of pyridine rings is 1. The maximum atomic E-state index is 5.28. The molecule has 1 heterocycles. The number of aromatic nitrogens is 1. The van der Waals surface area contributed by atoms with Gasteiger partial charge in [0.05, 0.1) is 12.2 Å². The van der Waals surface area contributed by atoms with Crippen molar-refractivity contribution < 1.29 is 4.74 Å². The van der Waals surface area contributed by atoms with Crippen molar-refractivity contribution in [1.82, 2.24) is 15.6 Å². The second kappa shape index (κ2) is 9.61. The molecule has 1 aromatic rings. The zero-order valence-corrected chi connectivity index (χ0v) is 16.1. The predicted molar refractivity (Wildman–Crippen MR) is 104 cm³/mol. The lowest BCUT2D eigenvalue weighted by Crippen LogP contribution is -2.47. The molecule has 0 atom stereocenters. The molecule has 1 saturated carbocycles. The number of methoxy groups -OCH3 is 1. The van der Waals surface area contributed by atoms with Crippen LogP contribution in [0.25, 0.3) is 0 Å². The van der Waals surface area contributed by atoms with Crippen LogP contribution < -0.4 is 15.5 Å². The molecule has 1 aliphatic carbocycles. The molecular weight excluding hydrogens is 314 g/mol. The van der Waals surface area contributed by atoms with Crippen LogP contribution in [0.1, 0.15) is 38.3 Å². The lowest BCUT2D eigenvalue weighted by molar-refractivity contribution is 0.0732. The molecule has 0 saturated heterocycles. The van der Waals surface area contributed by atoms with Gasteiger partial charge in [-0.1, -0.05) is 12.5 Å². The van der Waals surface area contributed by atoms with Crippen LogP contribution in [0.2, 0.25) is 0 Å². The van der Waals surface area contributed by atoms with Crippen molar-refractivity contribution >= 4 is 11.8 Å². The van der Waals surface area contributed by atoms with Crippen LogP contribution in [-0.4, -0.2) is 51.8 Å². The first-order valence-electron chi connectivity index (χ1n) is 9.23. The van der Waals surface area contributed by atoms with Gasteiger partial charge in [-0.15, -0.1) is 0 Å². The van der Waals surface area contributed by atoms with Gasteiger partial charge in [0.15, 0.2) is 5.96 Å². The number of guanidine groups is 1. The first-order chi connectivity index (χ1) is 12.1. The molecule has 0 radical (unpaired) electrons. The standard InChI is InChI=1S/C19H33N5O/c1-5-20-18(22-15-19(10-7-11-19)12-13-25-4)21-14-16-8-6-9-17(23-16)24(2)3/h6,8-9H,5,7,10-15H2,1-4H3,(H2,20,21,22). The highest BCUT2D eigenvalue weighted by Crippen LogP contribution is 2.43. The average Bonchev–Trinajstić information content (AvgIpc) is 2.58. The Kier molecular flexibility index (Phi) is 7.50. The van der Waals surface area contributed by atoms with Crippen LogP contribution in [-0.2, 0) is 11.3 Å². The van der Waals surface area contributed by atoms with Gasteiger partial charge in [-0.2, -0.15) is 0 Å². The Bertz CT molecular complexity index is 555. The van der Waals surface area contributed by atoms with Crippen molar-refractivity contribution in [3.63, 3.8) is 0 Å². The number of ether oxygens (including phenoxy) is 1. The highest BCUT2D eigenvalue weighted by Gasteiger charge is 2.36. The number of anilines is 1. The molecule has 6 heteroatoms. The molecule has 0 aliphatic heterocycles. The molecule has 1 aliphatic rings. The minimum absolute atomic E-state index is 0.370. The molecule has 140 valence electrons. The topological polar surface area (TPSA) is 61.8 Å². The Balaban J connectivity index is 1.95. The number of rotatable bonds is 9. The van der Waals surface area contributed by atoms with E-state index in [1.54, 1.807) is 7.11 Å². The van der Waals surface area contributed by atoms with Gasteiger partial charge in [0.25, 0.3) is 0 Å². The Morgan fingerprint density at radius 2 is 2.12 bits per heavy atom. The van der Waals surface area contributed by atoms with Gasteiger partial charge >= 0.3 is 0 Å². The highest BCUT2D eigenvalue weighted by atomic mass is 16.5. The largest absolute Gasteiger partial charge is 0.385 e. The summed E-state index contributed by atoms with van der Waals surface area (Å²) in [6, 6.07) is 6.06. The average molecular weight is 348 g/mol. The fourth-order valence-corrected chi connectivity index (χ4v) is 3.09. The van der Waals surface area contributed by atoms with Crippen LogP contribution in [0.5, 0.6) is 0 Å². The van der Waals surface area contributed by atoms with Crippen molar-refractivity contribution in [2.75, 3.05) is 45.8 Å². The molecular formula is C19H33N5O. The summed E-state index contributed by atoms with van der Waals surface area (Å²) < 4.78 is 5.28. The van der Waals surface area contributed by atoms with Gasteiger partial charge in [0, 0.05) is 40.9 Å². The monoisotopic (exact) mass is 347 g/mol. The van der Waals surface area contributed by atoms with Crippen LogP contribution in [0.15, 0.2) is 23.2 Å². The first kappa shape index (κ1) is 19.5. The number of hydrogen-bond donors (Lipinski definition) is 2. The Morgan fingerprint density at radius 3 is 2.72 bits per heavy atom. The van der Waals surface area contributed by atoms with E-state index in [0.29, 0.717) is 12.0 Å². The van der Waals surface area contributed by atoms with E-state index in [0.717, 1.165) is 43.6 Å². The smallest absolute Gasteiger partial charge is 0.191 e. The van der Waals surface area contributed by atoms with Crippen LogP contribution in [0.4, 0.5) is 5.82 Å².